The first kappa shape index (κ1) is 16.0. The molecule has 2 aromatic rings. The fourth-order valence-corrected chi connectivity index (χ4v) is 2.76. The standard InChI is InChI=1S/C17H19ClFNO/c1-2-11-6-8-12(9-7-11)17(21)13(10-20)16-14(18)4-3-5-15(16)19/h3-9,13,17,21H,2,10,20H2,1H3. The van der Waals surface area contributed by atoms with Crippen molar-refractivity contribution in [2.45, 2.75) is 25.4 Å². The van der Waals surface area contributed by atoms with Crippen LogP contribution in [0.3, 0.4) is 0 Å². The van der Waals surface area contributed by atoms with Crippen LogP contribution in [0.5, 0.6) is 0 Å². The predicted octanol–water partition coefficient (Wildman–Crippen LogP) is 3.82. The molecule has 2 aromatic carbocycles. The number of halogens is 2. The number of hydrogen-bond donors (Lipinski definition) is 2. The second kappa shape index (κ2) is 7.03. The lowest BCUT2D eigenvalue weighted by Crippen LogP contribution is -2.21. The molecule has 0 amide bonds. The zero-order valence-electron chi connectivity index (χ0n) is 11.9. The van der Waals surface area contributed by atoms with Gasteiger partial charge in [-0.2, -0.15) is 0 Å². The van der Waals surface area contributed by atoms with Crippen molar-refractivity contribution in [2.75, 3.05) is 6.54 Å². The van der Waals surface area contributed by atoms with Crippen molar-refractivity contribution in [2.24, 2.45) is 5.73 Å². The van der Waals surface area contributed by atoms with Gasteiger partial charge in [-0.1, -0.05) is 48.9 Å². The SMILES string of the molecule is CCc1ccc(C(O)C(CN)c2c(F)cccc2Cl)cc1. The summed E-state index contributed by atoms with van der Waals surface area (Å²) >= 11 is 6.08. The lowest BCUT2D eigenvalue weighted by molar-refractivity contribution is 0.145. The van der Waals surface area contributed by atoms with Crippen molar-refractivity contribution in [3.63, 3.8) is 0 Å². The molecule has 0 bridgehead atoms. The highest BCUT2D eigenvalue weighted by Gasteiger charge is 2.26. The molecule has 0 fully saturated rings. The van der Waals surface area contributed by atoms with Gasteiger partial charge < -0.3 is 10.8 Å². The molecule has 112 valence electrons. The maximum atomic E-state index is 14.0. The van der Waals surface area contributed by atoms with Gasteiger partial charge in [0.2, 0.25) is 0 Å². The number of benzene rings is 2. The number of aliphatic hydroxyl groups is 1. The van der Waals surface area contributed by atoms with E-state index in [1.165, 1.54) is 17.7 Å². The van der Waals surface area contributed by atoms with E-state index in [9.17, 15) is 9.50 Å². The van der Waals surface area contributed by atoms with E-state index in [0.717, 1.165) is 6.42 Å². The van der Waals surface area contributed by atoms with Gasteiger partial charge in [-0.05, 0) is 29.7 Å². The zero-order chi connectivity index (χ0) is 15.4. The summed E-state index contributed by atoms with van der Waals surface area (Å²) in [6, 6.07) is 12.1. The van der Waals surface area contributed by atoms with Crippen LogP contribution >= 0.6 is 11.6 Å². The first-order chi connectivity index (χ1) is 10.1. The van der Waals surface area contributed by atoms with Crippen molar-refractivity contribution in [1.29, 1.82) is 0 Å². The Hall–Kier alpha value is -1.42. The number of nitrogens with two attached hydrogens (primary N) is 1. The molecule has 2 unspecified atom stereocenters. The number of aryl methyl sites for hydroxylation is 1. The van der Waals surface area contributed by atoms with Gasteiger partial charge in [-0.3, -0.25) is 0 Å². The van der Waals surface area contributed by atoms with E-state index in [-0.39, 0.29) is 17.1 Å². The van der Waals surface area contributed by atoms with Crippen LogP contribution in [0.2, 0.25) is 5.02 Å². The average Bonchev–Trinajstić information content (AvgIpc) is 2.50. The molecule has 21 heavy (non-hydrogen) atoms. The third-order valence-electron chi connectivity index (χ3n) is 3.74. The second-order valence-corrected chi connectivity index (χ2v) is 5.42. The topological polar surface area (TPSA) is 46.2 Å². The predicted molar refractivity (Wildman–Crippen MR) is 84.0 cm³/mol. The summed E-state index contributed by atoms with van der Waals surface area (Å²) in [6.07, 6.45) is 0.0332. The minimum absolute atomic E-state index is 0.108. The number of rotatable bonds is 5. The molecular weight excluding hydrogens is 289 g/mol. The van der Waals surface area contributed by atoms with Crippen molar-refractivity contribution in [1.82, 2.24) is 0 Å². The fourth-order valence-electron chi connectivity index (χ4n) is 2.45. The second-order valence-electron chi connectivity index (χ2n) is 5.02. The Bertz CT molecular complexity index is 580. The zero-order valence-corrected chi connectivity index (χ0v) is 12.6. The van der Waals surface area contributed by atoms with E-state index >= 15 is 0 Å². The van der Waals surface area contributed by atoms with Gasteiger partial charge in [0, 0.05) is 23.0 Å². The van der Waals surface area contributed by atoms with Gasteiger partial charge in [0.25, 0.3) is 0 Å². The highest BCUT2D eigenvalue weighted by atomic mass is 35.5. The molecule has 0 heterocycles. The van der Waals surface area contributed by atoms with Crippen LogP contribution in [0, 0.1) is 5.82 Å². The number of aliphatic hydroxyl groups excluding tert-OH is 1. The Morgan fingerprint density at radius 1 is 1.19 bits per heavy atom. The Morgan fingerprint density at radius 3 is 2.38 bits per heavy atom. The van der Waals surface area contributed by atoms with Gasteiger partial charge in [-0.15, -0.1) is 0 Å². The fraction of sp³-hybridized carbons (Fsp3) is 0.294. The van der Waals surface area contributed by atoms with Crippen molar-refractivity contribution in [3.8, 4) is 0 Å². The average molecular weight is 308 g/mol. The minimum atomic E-state index is -0.893. The molecule has 0 radical (unpaired) electrons. The van der Waals surface area contributed by atoms with Crippen molar-refractivity contribution < 1.29 is 9.50 Å². The highest BCUT2D eigenvalue weighted by Crippen LogP contribution is 2.35. The summed E-state index contributed by atoms with van der Waals surface area (Å²) in [5.41, 5.74) is 7.91. The molecule has 0 saturated heterocycles. The van der Waals surface area contributed by atoms with Crippen LogP contribution in [0.1, 0.15) is 35.6 Å². The molecule has 0 aliphatic rings. The van der Waals surface area contributed by atoms with Crippen molar-refractivity contribution >= 4 is 11.6 Å². The summed E-state index contributed by atoms with van der Waals surface area (Å²) < 4.78 is 14.0. The van der Waals surface area contributed by atoms with E-state index in [4.69, 9.17) is 17.3 Å². The molecule has 0 aromatic heterocycles. The minimum Gasteiger partial charge on any atom is -0.388 e. The first-order valence-electron chi connectivity index (χ1n) is 6.99. The van der Waals surface area contributed by atoms with E-state index < -0.39 is 17.8 Å². The van der Waals surface area contributed by atoms with Gasteiger partial charge >= 0.3 is 0 Å². The molecule has 3 N–H and O–H groups in total. The third kappa shape index (κ3) is 3.43. The van der Waals surface area contributed by atoms with Gasteiger partial charge in [-0.25, -0.2) is 4.39 Å². The molecule has 4 heteroatoms. The van der Waals surface area contributed by atoms with E-state index in [1.807, 2.05) is 24.3 Å². The molecule has 2 nitrogen and oxygen atoms in total. The lowest BCUT2D eigenvalue weighted by Gasteiger charge is -2.24. The first-order valence-corrected chi connectivity index (χ1v) is 7.37. The van der Waals surface area contributed by atoms with Crippen LogP contribution in [-0.2, 0) is 6.42 Å². The van der Waals surface area contributed by atoms with E-state index in [1.54, 1.807) is 6.07 Å². The van der Waals surface area contributed by atoms with Crippen molar-refractivity contribution in [3.05, 3.63) is 70.0 Å². The molecular formula is C17H19ClFNO. The monoisotopic (exact) mass is 307 g/mol. The molecule has 2 atom stereocenters. The summed E-state index contributed by atoms with van der Waals surface area (Å²) in [6.45, 7) is 2.17. The Balaban J connectivity index is 2.35. The van der Waals surface area contributed by atoms with Crippen LogP contribution in [0.25, 0.3) is 0 Å². The molecule has 0 saturated carbocycles. The summed E-state index contributed by atoms with van der Waals surface area (Å²) in [5, 5.41) is 10.8. The maximum absolute atomic E-state index is 14.0. The molecule has 2 rings (SSSR count). The van der Waals surface area contributed by atoms with Gasteiger partial charge in [0.1, 0.15) is 5.82 Å². The van der Waals surface area contributed by atoms with E-state index in [2.05, 4.69) is 6.92 Å². The molecule has 0 spiro atoms. The smallest absolute Gasteiger partial charge is 0.128 e. The van der Waals surface area contributed by atoms with Crippen LogP contribution in [-0.4, -0.2) is 11.7 Å². The largest absolute Gasteiger partial charge is 0.388 e. The maximum Gasteiger partial charge on any atom is 0.128 e. The highest BCUT2D eigenvalue weighted by molar-refractivity contribution is 6.31. The lowest BCUT2D eigenvalue weighted by atomic mass is 9.88. The summed E-state index contributed by atoms with van der Waals surface area (Å²) in [5.74, 6) is -1.02. The van der Waals surface area contributed by atoms with Crippen LogP contribution in [0.15, 0.2) is 42.5 Å². The Morgan fingerprint density at radius 2 is 1.86 bits per heavy atom. The van der Waals surface area contributed by atoms with Gasteiger partial charge in [0.15, 0.2) is 0 Å². The molecule has 0 aliphatic carbocycles. The third-order valence-corrected chi connectivity index (χ3v) is 4.06. The van der Waals surface area contributed by atoms with Gasteiger partial charge in [0.05, 0.1) is 6.10 Å². The summed E-state index contributed by atoms with van der Waals surface area (Å²) in [4.78, 5) is 0. The Kier molecular flexibility index (Phi) is 5.34. The van der Waals surface area contributed by atoms with E-state index in [0.29, 0.717) is 5.56 Å². The van der Waals surface area contributed by atoms with Crippen LogP contribution < -0.4 is 5.73 Å². The quantitative estimate of drug-likeness (QED) is 0.882. The number of hydrogen-bond acceptors (Lipinski definition) is 2. The van der Waals surface area contributed by atoms with Crippen LogP contribution in [0.4, 0.5) is 4.39 Å². The summed E-state index contributed by atoms with van der Waals surface area (Å²) in [7, 11) is 0. The molecule has 0 aliphatic heterocycles. The Labute approximate surface area is 129 Å². The normalized spacial score (nSPS) is 14.0.